The van der Waals surface area contributed by atoms with Gasteiger partial charge < -0.3 is 25.3 Å². The second kappa shape index (κ2) is 8.43. The molecule has 12 heteroatoms. The lowest BCUT2D eigenvalue weighted by Gasteiger charge is -2.06. The number of nitrogens with two attached hydrogens (primary N) is 1. The highest BCUT2D eigenvalue weighted by molar-refractivity contribution is 5.94. The molecule has 3 amide bonds. The Bertz CT molecular complexity index is 612. The molecule has 0 saturated heterocycles. The van der Waals surface area contributed by atoms with E-state index >= 15 is 0 Å². The van der Waals surface area contributed by atoms with Gasteiger partial charge in [-0.15, -0.1) is 0 Å². The van der Waals surface area contributed by atoms with Crippen LogP contribution in [0.4, 0.5) is 10.6 Å². The van der Waals surface area contributed by atoms with Gasteiger partial charge in [0, 0.05) is 6.92 Å². The summed E-state index contributed by atoms with van der Waals surface area (Å²) in [6.07, 6.45) is 1.11. The van der Waals surface area contributed by atoms with Gasteiger partial charge in [-0.2, -0.15) is 0 Å². The third-order valence-electron chi connectivity index (χ3n) is 2.51. The molecule has 23 heavy (non-hydrogen) atoms. The van der Waals surface area contributed by atoms with Crippen LogP contribution in [0.15, 0.2) is 6.20 Å². The van der Waals surface area contributed by atoms with E-state index in [2.05, 4.69) is 4.98 Å². The van der Waals surface area contributed by atoms with Crippen molar-refractivity contribution < 1.29 is 28.8 Å². The Balaban J connectivity index is 2.30. The van der Waals surface area contributed by atoms with Crippen LogP contribution in [0.1, 0.15) is 5.82 Å². The number of nitro groups is 1. The van der Waals surface area contributed by atoms with Crippen molar-refractivity contribution in [1.29, 1.82) is 0 Å². The molecule has 0 saturated carbocycles. The number of hydrogen-bond donors (Lipinski definition) is 2. The summed E-state index contributed by atoms with van der Waals surface area (Å²) >= 11 is 0. The molecule has 0 unspecified atom stereocenters. The van der Waals surface area contributed by atoms with Crippen molar-refractivity contribution in [2.75, 3.05) is 19.8 Å². The maximum Gasteiger partial charge on any atom is 0.342 e. The largest absolute Gasteiger partial charge is 0.460 e. The van der Waals surface area contributed by atoms with Crippen molar-refractivity contribution in [2.24, 2.45) is 5.73 Å². The molecular formula is C11H15N5O7. The Labute approximate surface area is 129 Å². The topological polar surface area (TPSA) is 169 Å². The van der Waals surface area contributed by atoms with E-state index in [9.17, 15) is 24.5 Å². The van der Waals surface area contributed by atoms with E-state index in [1.807, 2.05) is 0 Å². The minimum Gasteiger partial charge on any atom is -0.460 e. The number of imidazole rings is 1. The first-order chi connectivity index (χ1) is 10.8. The van der Waals surface area contributed by atoms with Gasteiger partial charge in [-0.05, 0) is 4.92 Å². The fourth-order valence-electron chi connectivity index (χ4n) is 1.57. The van der Waals surface area contributed by atoms with Gasteiger partial charge in [0.25, 0.3) is 5.91 Å². The van der Waals surface area contributed by atoms with Crippen molar-refractivity contribution in [3.8, 4) is 0 Å². The van der Waals surface area contributed by atoms with Crippen LogP contribution in [0.2, 0.25) is 0 Å². The highest BCUT2D eigenvalue weighted by Crippen LogP contribution is 2.12. The summed E-state index contributed by atoms with van der Waals surface area (Å²) < 4.78 is 10.8. The molecule has 1 rings (SSSR count). The molecule has 126 valence electrons. The number of urea groups is 1. The molecule has 0 aliphatic heterocycles. The maximum atomic E-state index is 11.3. The molecule has 0 spiro atoms. The van der Waals surface area contributed by atoms with Gasteiger partial charge in [0.05, 0.1) is 0 Å². The van der Waals surface area contributed by atoms with Crippen molar-refractivity contribution in [2.45, 2.75) is 13.5 Å². The second-order valence-electron chi connectivity index (χ2n) is 4.20. The fourth-order valence-corrected chi connectivity index (χ4v) is 1.57. The number of ether oxygens (including phenoxy) is 2. The number of nitrogens with zero attached hydrogens (tertiary/aromatic N) is 3. The summed E-state index contributed by atoms with van der Waals surface area (Å²) in [4.78, 5) is 46.6. The maximum absolute atomic E-state index is 11.3. The Hall–Kier alpha value is -3.02. The number of hydrogen-bond acceptors (Lipinski definition) is 8. The molecule has 0 fully saturated rings. The zero-order chi connectivity index (χ0) is 17.4. The van der Waals surface area contributed by atoms with Crippen LogP contribution in [-0.4, -0.2) is 52.2 Å². The van der Waals surface area contributed by atoms with Crippen LogP contribution in [0.5, 0.6) is 0 Å². The molecule has 1 aromatic heterocycles. The Morgan fingerprint density at radius 2 is 2.13 bits per heavy atom. The second-order valence-corrected chi connectivity index (χ2v) is 4.20. The SMILES string of the molecule is Cc1ncc([N+](=O)[O-])n1CCOC(=O)COCC(=O)NC(N)=O. The van der Waals surface area contributed by atoms with Gasteiger partial charge in [0.2, 0.25) is 0 Å². The van der Waals surface area contributed by atoms with E-state index in [4.69, 9.17) is 15.2 Å². The van der Waals surface area contributed by atoms with E-state index in [1.54, 1.807) is 12.2 Å². The number of amides is 3. The van der Waals surface area contributed by atoms with Gasteiger partial charge in [-0.25, -0.2) is 19.1 Å². The molecule has 1 heterocycles. The Morgan fingerprint density at radius 3 is 2.74 bits per heavy atom. The zero-order valence-corrected chi connectivity index (χ0v) is 12.2. The van der Waals surface area contributed by atoms with Gasteiger partial charge in [0.15, 0.2) is 5.82 Å². The van der Waals surface area contributed by atoms with E-state index in [1.165, 1.54) is 4.57 Å². The van der Waals surface area contributed by atoms with Crippen LogP contribution >= 0.6 is 0 Å². The molecule has 0 aromatic carbocycles. The smallest absolute Gasteiger partial charge is 0.342 e. The molecule has 0 aliphatic carbocycles. The van der Waals surface area contributed by atoms with Crippen molar-refractivity contribution in [3.63, 3.8) is 0 Å². The normalized spacial score (nSPS) is 10.1. The van der Waals surface area contributed by atoms with Crippen LogP contribution < -0.4 is 11.1 Å². The van der Waals surface area contributed by atoms with Crippen LogP contribution in [0.3, 0.4) is 0 Å². The van der Waals surface area contributed by atoms with Gasteiger partial charge in [-0.3, -0.25) is 10.1 Å². The average Bonchev–Trinajstić information content (AvgIpc) is 2.79. The first-order valence-corrected chi connectivity index (χ1v) is 6.30. The van der Waals surface area contributed by atoms with Crippen LogP contribution in [-0.2, 0) is 25.6 Å². The molecule has 0 atom stereocenters. The predicted molar refractivity (Wildman–Crippen MR) is 73.1 cm³/mol. The molecule has 3 N–H and O–H groups in total. The number of imide groups is 1. The quantitative estimate of drug-likeness (QED) is 0.342. The number of aryl methyl sites for hydroxylation is 1. The average molecular weight is 329 g/mol. The predicted octanol–water partition coefficient (Wildman–Crippen LogP) is -1.15. The zero-order valence-electron chi connectivity index (χ0n) is 12.2. The molecule has 0 aliphatic rings. The third kappa shape index (κ3) is 6.09. The van der Waals surface area contributed by atoms with Gasteiger partial charge >= 0.3 is 17.8 Å². The highest BCUT2D eigenvalue weighted by Gasteiger charge is 2.17. The summed E-state index contributed by atoms with van der Waals surface area (Å²) in [5.41, 5.74) is 4.71. The summed E-state index contributed by atoms with van der Waals surface area (Å²) in [7, 11) is 0. The number of primary amides is 1. The number of rotatable bonds is 8. The van der Waals surface area contributed by atoms with E-state index in [0.717, 1.165) is 6.20 Å². The molecule has 0 radical (unpaired) electrons. The summed E-state index contributed by atoms with van der Waals surface area (Å²) in [5.74, 6) is -1.36. The third-order valence-corrected chi connectivity index (χ3v) is 2.51. The minimum absolute atomic E-state index is 0.0516. The lowest BCUT2D eigenvalue weighted by Crippen LogP contribution is -2.37. The summed E-state index contributed by atoms with van der Waals surface area (Å²) in [6, 6.07) is -1.03. The Kier molecular flexibility index (Phi) is 6.61. The van der Waals surface area contributed by atoms with Gasteiger partial charge in [0.1, 0.15) is 32.6 Å². The van der Waals surface area contributed by atoms with Gasteiger partial charge in [-0.1, -0.05) is 0 Å². The number of nitrogens with one attached hydrogen (secondary N) is 1. The number of aromatic nitrogens is 2. The number of carbonyl (C=O) groups excluding carboxylic acids is 3. The standard InChI is InChI=1S/C11H15N5O7/c1-7-13-4-9(16(20)21)15(7)2-3-23-10(18)6-22-5-8(17)14-11(12)19/h4H,2-3,5-6H2,1H3,(H3,12,14,17,19). The van der Waals surface area contributed by atoms with E-state index in [0.29, 0.717) is 5.82 Å². The van der Waals surface area contributed by atoms with Crippen LogP contribution in [0, 0.1) is 17.0 Å². The summed E-state index contributed by atoms with van der Waals surface area (Å²) in [5, 5.41) is 12.5. The number of carbonyl (C=O) groups is 3. The molecule has 1 aromatic rings. The molecule has 12 nitrogen and oxygen atoms in total. The number of esters is 1. The summed E-state index contributed by atoms with van der Waals surface area (Å²) in [6.45, 7) is 0.445. The van der Waals surface area contributed by atoms with E-state index in [-0.39, 0.29) is 19.0 Å². The molecule has 0 bridgehead atoms. The lowest BCUT2D eigenvalue weighted by atomic mass is 10.5. The minimum atomic E-state index is -1.03. The highest BCUT2D eigenvalue weighted by atomic mass is 16.6. The lowest BCUT2D eigenvalue weighted by molar-refractivity contribution is -0.392. The first kappa shape index (κ1) is 18.0. The Morgan fingerprint density at radius 1 is 1.43 bits per heavy atom. The van der Waals surface area contributed by atoms with Crippen molar-refractivity contribution >= 4 is 23.7 Å². The first-order valence-electron chi connectivity index (χ1n) is 6.30. The van der Waals surface area contributed by atoms with Crippen LogP contribution in [0.25, 0.3) is 0 Å². The van der Waals surface area contributed by atoms with Crippen molar-refractivity contribution in [3.05, 3.63) is 22.1 Å². The van der Waals surface area contributed by atoms with E-state index < -0.39 is 36.0 Å². The molecular weight excluding hydrogens is 314 g/mol. The fraction of sp³-hybridized carbons (Fsp3) is 0.455. The monoisotopic (exact) mass is 329 g/mol. The van der Waals surface area contributed by atoms with Crippen molar-refractivity contribution in [1.82, 2.24) is 14.9 Å².